The summed E-state index contributed by atoms with van der Waals surface area (Å²) in [5, 5.41) is 2.91. The van der Waals surface area contributed by atoms with Crippen LogP contribution in [0, 0.1) is 11.8 Å². The van der Waals surface area contributed by atoms with Gasteiger partial charge in [-0.3, -0.25) is 9.59 Å². The molecule has 0 aromatic heterocycles. The number of hydrogen-bond acceptors (Lipinski definition) is 5. The van der Waals surface area contributed by atoms with E-state index in [-0.39, 0.29) is 34.6 Å². The number of hydrogen-bond donors (Lipinski definition) is 1. The zero-order chi connectivity index (χ0) is 24.7. The Bertz CT molecular complexity index is 1230. The van der Waals surface area contributed by atoms with Crippen LogP contribution in [0.5, 0.6) is 5.75 Å². The summed E-state index contributed by atoms with van der Waals surface area (Å²) in [6, 6.07) is 12.3. The maximum absolute atomic E-state index is 13.4. The largest absolute Gasteiger partial charge is 0.497 e. The third kappa shape index (κ3) is 4.67. The topological polar surface area (TPSA) is 96.0 Å². The second kappa shape index (κ2) is 9.28. The molecule has 0 radical (unpaired) electrons. The molecule has 2 aromatic rings. The fourth-order valence-corrected chi connectivity index (χ4v) is 6.58. The van der Waals surface area contributed by atoms with Gasteiger partial charge in [0.2, 0.25) is 21.8 Å². The highest BCUT2D eigenvalue weighted by atomic mass is 32.2. The Balaban J connectivity index is 1.23. The van der Waals surface area contributed by atoms with Gasteiger partial charge in [0.05, 0.1) is 12.0 Å². The van der Waals surface area contributed by atoms with Gasteiger partial charge >= 0.3 is 0 Å². The molecule has 5 rings (SSSR count). The molecule has 1 N–H and O–H groups in total. The van der Waals surface area contributed by atoms with Crippen molar-refractivity contribution in [2.24, 2.45) is 11.8 Å². The summed E-state index contributed by atoms with van der Waals surface area (Å²) in [6.07, 6.45) is 3.47. The first-order valence-corrected chi connectivity index (χ1v) is 13.6. The highest BCUT2D eigenvalue weighted by molar-refractivity contribution is 7.89. The maximum atomic E-state index is 13.4. The van der Waals surface area contributed by atoms with Gasteiger partial charge in [-0.2, -0.15) is 4.31 Å². The van der Waals surface area contributed by atoms with E-state index in [0.29, 0.717) is 43.8 Å². The SMILES string of the molecule is COc1ccc(NC(=O)C2CCN(S(=O)(=O)c3ccc4c(c3)C[C@H](C)N4C(=O)C3CC3)CC2)cc1. The Morgan fingerprint density at radius 2 is 1.66 bits per heavy atom. The van der Waals surface area contributed by atoms with E-state index in [2.05, 4.69) is 5.32 Å². The van der Waals surface area contributed by atoms with Gasteiger partial charge in [0.25, 0.3) is 0 Å². The van der Waals surface area contributed by atoms with Gasteiger partial charge in [-0.15, -0.1) is 0 Å². The number of carbonyl (C=O) groups excluding carboxylic acids is 2. The zero-order valence-electron chi connectivity index (χ0n) is 20.1. The molecule has 9 heteroatoms. The first kappa shape index (κ1) is 23.8. The number of sulfonamides is 1. The maximum Gasteiger partial charge on any atom is 0.243 e. The van der Waals surface area contributed by atoms with Crippen LogP contribution in [0.25, 0.3) is 0 Å². The lowest BCUT2D eigenvalue weighted by molar-refractivity contribution is -0.121. The third-order valence-corrected chi connectivity index (χ3v) is 9.15. The molecule has 1 atom stereocenters. The lowest BCUT2D eigenvalue weighted by atomic mass is 9.97. The number of carbonyl (C=O) groups is 2. The minimum absolute atomic E-state index is 0.0380. The van der Waals surface area contributed by atoms with Gasteiger partial charge in [0, 0.05) is 42.3 Å². The molecule has 8 nitrogen and oxygen atoms in total. The molecule has 1 aliphatic carbocycles. The van der Waals surface area contributed by atoms with Crippen LogP contribution in [0.2, 0.25) is 0 Å². The molecule has 0 unspecified atom stereocenters. The second-order valence-corrected chi connectivity index (χ2v) is 11.7. The molecule has 2 aliphatic heterocycles. The molecule has 1 saturated carbocycles. The van der Waals surface area contributed by atoms with Crippen LogP contribution in [-0.2, 0) is 26.0 Å². The predicted molar refractivity (Wildman–Crippen MR) is 133 cm³/mol. The van der Waals surface area contributed by atoms with Crippen molar-refractivity contribution in [2.75, 3.05) is 30.4 Å². The number of rotatable bonds is 6. The number of ether oxygens (including phenoxy) is 1. The summed E-state index contributed by atoms with van der Waals surface area (Å²) in [5.41, 5.74) is 2.43. The summed E-state index contributed by atoms with van der Waals surface area (Å²) in [4.78, 5) is 27.5. The molecule has 0 bridgehead atoms. The van der Waals surface area contributed by atoms with Crippen molar-refractivity contribution in [3.05, 3.63) is 48.0 Å². The van der Waals surface area contributed by atoms with Gasteiger partial charge in [0.1, 0.15) is 5.75 Å². The molecule has 2 fully saturated rings. The molecule has 2 heterocycles. The van der Waals surface area contributed by atoms with E-state index >= 15 is 0 Å². The summed E-state index contributed by atoms with van der Waals surface area (Å²) in [6.45, 7) is 2.60. The monoisotopic (exact) mass is 497 g/mol. The van der Waals surface area contributed by atoms with Crippen LogP contribution in [0.1, 0.15) is 38.2 Å². The van der Waals surface area contributed by atoms with Crippen LogP contribution in [0.15, 0.2) is 47.4 Å². The van der Waals surface area contributed by atoms with Gasteiger partial charge in [-0.1, -0.05) is 0 Å². The molecule has 2 amide bonds. The van der Waals surface area contributed by atoms with Crippen molar-refractivity contribution in [3.8, 4) is 5.75 Å². The quantitative estimate of drug-likeness (QED) is 0.660. The van der Waals surface area contributed by atoms with Crippen molar-refractivity contribution in [1.82, 2.24) is 4.31 Å². The lowest BCUT2D eigenvalue weighted by Crippen LogP contribution is -2.41. The molecule has 2 aromatic carbocycles. The Hall–Kier alpha value is -2.91. The van der Waals surface area contributed by atoms with E-state index in [1.54, 1.807) is 49.6 Å². The van der Waals surface area contributed by atoms with Crippen molar-refractivity contribution < 1.29 is 22.7 Å². The second-order valence-electron chi connectivity index (χ2n) is 9.72. The smallest absolute Gasteiger partial charge is 0.243 e. The van der Waals surface area contributed by atoms with Crippen LogP contribution in [0.4, 0.5) is 11.4 Å². The number of amides is 2. The fourth-order valence-electron chi connectivity index (χ4n) is 5.06. The van der Waals surface area contributed by atoms with Crippen LogP contribution < -0.4 is 15.0 Å². The molecular formula is C26H31N3O5S. The van der Waals surface area contributed by atoms with Gasteiger partial charge in [-0.05, 0) is 87.1 Å². The number of fused-ring (bicyclic) bond motifs is 1. The van der Waals surface area contributed by atoms with Crippen molar-refractivity contribution in [2.45, 2.75) is 50.0 Å². The van der Waals surface area contributed by atoms with E-state index < -0.39 is 10.0 Å². The minimum Gasteiger partial charge on any atom is -0.497 e. The fraction of sp³-hybridized carbons (Fsp3) is 0.462. The highest BCUT2D eigenvalue weighted by Crippen LogP contribution is 2.40. The molecule has 186 valence electrons. The average Bonchev–Trinajstić information content (AvgIpc) is 3.66. The molecule has 3 aliphatic rings. The Morgan fingerprint density at radius 3 is 2.29 bits per heavy atom. The summed E-state index contributed by atoms with van der Waals surface area (Å²) in [5.74, 6) is 0.646. The lowest BCUT2D eigenvalue weighted by Gasteiger charge is -2.30. The number of methoxy groups -OCH3 is 1. The number of anilines is 2. The first-order valence-electron chi connectivity index (χ1n) is 12.2. The molecule has 1 saturated heterocycles. The Kier molecular flexibility index (Phi) is 6.31. The Labute approximate surface area is 206 Å². The minimum atomic E-state index is -3.67. The van der Waals surface area contributed by atoms with Crippen molar-refractivity contribution >= 4 is 33.2 Å². The normalized spacial score (nSPS) is 21.0. The number of benzene rings is 2. The van der Waals surface area contributed by atoms with Crippen molar-refractivity contribution in [3.63, 3.8) is 0 Å². The van der Waals surface area contributed by atoms with Gasteiger partial charge < -0.3 is 15.0 Å². The molecular weight excluding hydrogens is 466 g/mol. The molecule has 0 spiro atoms. The first-order chi connectivity index (χ1) is 16.8. The van der Waals surface area contributed by atoms with Crippen molar-refractivity contribution in [1.29, 1.82) is 0 Å². The molecule has 35 heavy (non-hydrogen) atoms. The number of piperidine rings is 1. The van der Waals surface area contributed by atoms with Gasteiger partial charge in [0.15, 0.2) is 0 Å². The van der Waals surface area contributed by atoms with E-state index in [1.807, 2.05) is 11.8 Å². The number of nitrogens with zero attached hydrogens (tertiary/aromatic N) is 2. The summed E-state index contributed by atoms with van der Waals surface area (Å²) < 4.78 is 33.3. The standard InChI is InChI=1S/C26H31N3O5S/c1-17-15-20-16-23(9-10-24(20)29(17)26(31)19-3-4-19)35(32,33)28-13-11-18(12-14-28)25(30)27-21-5-7-22(34-2)8-6-21/h5-10,16-19H,3-4,11-15H2,1-2H3,(H,27,30)/t17-/m0/s1. The van der Waals surface area contributed by atoms with E-state index in [9.17, 15) is 18.0 Å². The predicted octanol–water partition coefficient (Wildman–Crippen LogP) is 3.42. The van der Waals surface area contributed by atoms with E-state index in [1.165, 1.54) is 4.31 Å². The zero-order valence-corrected chi connectivity index (χ0v) is 20.9. The summed E-state index contributed by atoms with van der Waals surface area (Å²) in [7, 11) is -2.09. The van der Waals surface area contributed by atoms with Gasteiger partial charge in [-0.25, -0.2) is 8.42 Å². The highest BCUT2D eigenvalue weighted by Gasteiger charge is 2.40. The third-order valence-electron chi connectivity index (χ3n) is 7.25. The number of nitrogens with one attached hydrogen (secondary N) is 1. The average molecular weight is 498 g/mol. The summed E-state index contributed by atoms with van der Waals surface area (Å²) >= 11 is 0. The van der Waals surface area contributed by atoms with Crippen LogP contribution in [-0.4, -0.2) is 50.8 Å². The van der Waals surface area contributed by atoms with Crippen LogP contribution >= 0.6 is 0 Å². The van der Waals surface area contributed by atoms with E-state index in [4.69, 9.17) is 4.74 Å². The van der Waals surface area contributed by atoms with E-state index in [0.717, 1.165) is 24.1 Å². The Morgan fingerprint density at radius 1 is 0.971 bits per heavy atom. The van der Waals surface area contributed by atoms with Crippen LogP contribution in [0.3, 0.4) is 0 Å².